The number of rotatable bonds is 2. The van der Waals surface area contributed by atoms with E-state index < -0.39 is 64.7 Å². The number of aromatic hydroxyl groups is 1. The van der Waals surface area contributed by atoms with Crippen molar-refractivity contribution < 1.29 is 33.0 Å². The van der Waals surface area contributed by atoms with Crippen molar-refractivity contribution in [2.24, 2.45) is 10.5 Å². The lowest BCUT2D eigenvalue weighted by atomic mass is 9.66. The highest BCUT2D eigenvalue weighted by Crippen LogP contribution is 2.48. The standard InChI is InChI=1S/C22H22F2N6O6/c1-8-6-29-16-11(5-22(17(29)10(3)36-8)18(32)26-20(34)27-19(22)33)4-12(14(23)15(16)24)9(2)28-30-7-13(31)25-21(30)35/h4,7-8,10,17,31H,5-6H2,1-3H3,(H,25,35)(H2,26,27,32,33,34)/t8-,10+,17-/m1/s1. The monoisotopic (exact) mass is 504 g/mol. The zero-order valence-corrected chi connectivity index (χ0v) is 19.4. The van der Waals surface area contributed by atoms with E-state index in [9.17, 15) is 24.3 Å². The van der Waals surface area contributed by atoms with Gasteiger partial charge < -0.3 is 14.7 Å². The lowest BCUT2D eigenvalue weighted by Crippen LogP contribution is -2.75. The highest BCUT2D eigenvalue weighted by Gasteiger charge is 2.63. The van der Waals surface area contributed by atoms with Crippen molar-refractivity contribution >= 4 is 29.2 Å². The first-order chi connectivity index (χ1) is 16.9. The molecule has 3 aliphatic heterocycles. The van der Waals surface area contributed by atoms with E-state index >= 15 is 8.78 Å². The third-order valence-electron chi connectivity index (χ3n) is 6.80. The molecule has 2 aromatic rings. The molecule has 1 aromatic carbocycles. The molecule has 0 radical (unpaired) electrons. The van der Waals surface area contributed by atoms with Gasteiger partial charge in [0.2, 0.25) is 17.7 Å². The summed E-state index contributed by atoms with van der Waals surface area (Å²) >= 11 is 0. The van der Waals surface area contributed by atoms with Crippen molar-refractivity contribution in [2.75, 3.05) is 11.4 Å². The number of hydrogen-bond acceptors (Lipinski definition) is 8. The summed E-state index contributed by atoms with van der Waals surface area (Å²) in [4.78, 5) is 53.6. The van der Waals surface area contributed by atoms with Crippen molar-refractivity contribution in [2.45, 2.75) is 45.4 Å². The maximum absolute atomic E-state index is 15.7. The molecule has 0 saturated carbocycles. The molecule has 3 aliphatic rings. The molecular formula is C22H22F2N6O6. The van der Waals surface area contributed by atoms with Gasteiger partial charge in [0.25, 0.3) is 0 Å². The van der Waals surface area contributed by atoms with Gasteiger partial charge in [0.15, 0.2) is 17.0 Å². The molecule has 36 heavy (non-hydrogen) atoms. The number of nitrogens with zero attached hydrogens (tertiary/aromatic N) is 3. The molecule has 5 rings (SSSR count). The van der Waals surface area contributed by atoms with Crippen LogP contribution in [0.15, 0.2) is 22.2 Å². The van der Waals surface area contributed by atoms with Crippen LogP contribution in [-0.2, 0) is 20.7 Å². The van der Waals surface area contributed by atoms with Crippen LogP contribution in [0.3, 0.4) is 0 Å². The van der Waals surface area contributed by atoms with Crippen LogP contribution in [0, 0.1) is 17.0 Å². The quantitative estimate of drug-likeness (QED) is 0.339. The molecular weight excluding hydrogens is 482 g/mol. The smallest absolute Gasteiger partial charge is 0.349 e. The second-order valence-electron chi connectivity index (χ2n) is 9.17. The summed E-state index contributed by atoms with van der Waals surface area (Å²) in [6.45, 7) is 4.74. The van der Waals surface area contributed by atoms with Gasteiger partial charge in [-0.25, -0.2) is 18.4 Å². The van der Waals surface area contributed by atoms with Crippen LogP contribution >= 0.6 is 0 Å². The van der Waals surface area contributed by atoms with Gasteiger partial charge in [-0.1, -0.05) is 0 Å². The average Bonchev–Trinajstić information content (AvgIpc) is 3.09. The first-order valence-corrected chi connectivity index (χ1v) is 11.1. The average molecular weight is 504 g/mol. The minimum absolute atomic E-state index is 0.0546. The molecule has 0 aliphatic carbocycles. The van der Waals surface area contributed by atoms with E-state index in [2.05, 4.69) is 20.7 Å². The molecule has 14 heteroatoms. The zero-order chi connectivity index (χ0) is 26.1. The number of anilines is 1. The number of amides is 4. The Morgan fingerprint density at radius 3 is 2.44 bits per heavy atom. The van der Waals surface area contributed by atoms with Crippen molar-refractivity contribution in [1.82, 2.24) is 20.3 Å². The highest BCUT2D eigenvalue weighted by molar-refractivity contribution is 6.20. The Labute approximate surface area is 201 Å². The molecule has 4 amide bonds. The summed E-state index contributed by atoms with van der Waals surface area (Å²) < 4.78 is 37.6. The van der Waals surface area contributed by atoms with Gasteiger partial charge in [-0.2, -0.15) is 9.78 Å². The maximum atomic E-state index is 15.7. The Bertz CT molecular complexity index is 1390. The lowest BCUT2D eigenvalue weighted by molar-refractivity contribution is -0.153. The molecule has 0 bridgehead atoms. The molecule has 4 heterocycles. The fourth-order valence-electron chi connectivity index (χ4n) is 5.46. The number of urea groups is 1. The van der Waals surface area contributed by atoms with Crippen molar-refractivity contribution in [3.8, 4) is 5.88 Å². The minimum atomic E-state index is -1.86. The summed E-state index contributed by atoms with van der Waals surface area (Å²) in [5.41, 5.74) is -3.06. The number of benzene rings is 1. The maximum Gasteiger partial charge on any atom is 0.349 e. The number of imide groups is 2. The first-order valence-electron chi connectivity index (χ1n) is 11.1. The number of H-pyrrole nitrogens is 1. The predicted molar refractivity (Wildman–Crippen MR) is 120 cm³/mol. The summed E-state index contributed by atoms with van der Waals surface area (Å²) in [7, 11) is 0. The van der Waals surface area contributed by atoms with E-state index in [0.717, 1.165) is 10.9 Å². The van der Waals surface area contributed by atoms with Gasteiger partial charge in [-0.3, -0.25) is 25.2 Å². The number of barbiturate groups is 1. The normalized spacial score (nSPS) is 25.4. The van der Waals surface area contributed by atoms with Crippen LogP contribution in [0.25, 0.3) is 0 Å². The van der Waals surface area contributed by atoms with Gasteiger partial charge in [0.1, 0.15) is 0 Å². The van der Waals surface area contributed by atoms with Crippen LogP contribution in [0.2, 0.25) is 0 Å². The highest BCUT2D eigenvalue weighted by atomic mass is 19.2. The molecule has 0 unspecified atom stereocenters. The van der Waals surface area contributed by atoms with Gasteiger partial charge in [0, 0.05) is 18.5 Å². The fourth-order valence-corrected chi connectivity index (χ4v) is 5.46. The van der Waals surface area contributed by atoms with Gasteiger partial charge in [-0.15, -0.1) is 0 Å². The molecule has 190 valence electrons. The van der Waals surface area contributed by atoms with E-state index in [1.165, 1.54) is 17.9 Å². The second-order valence-corrected chi connectivity index (χ2v) is 9.17. The topological polar surface area (TPSA) is 158 Å². The van der Waals surface area contributed by atoms with Crippen LogP contribution in [0.1, 0.15) is 31.9 Å². The van der Waals surface area contributed by atoms with Crippen LogP contribution in [0.5, 0.6) is 5.88 Å². The third kappa shape index (κ3) is 3.31. The van der Waals surface area contributed by atoms with E-state index in [0.29, 0.717) is 0 Å². The Hall–Kier alpha value is -4.07. The van der Waals surface area contributed by atoms with Gasteiger partial charge >= 0.3 is 11.7 Å². The number of aromatic nitrogens is 2. The van der Waals surface area contributed by atoms with Crippen molar-refractivity contribution in [3.05, 3.63) is 45.5 Å². The number of nitrogens with one attached hydrogen (secondary N) is 3. The van der Waals surface area contributed by atoms with E-state index in [1.807, 2.05) is 0 Å². The zero-order valence-electron chi connectivity index (χ0n) is 19.4. The lowest BCUT2D eigenvalue weighted by Gasteiger charge is -2.55. The number of halogens is 2. The number of imidazole rings is 1. The third-order valence-corrected chi connectivity index (χ3v) is 6.80. The first kappa shape index (κ1) is 23.7. The van der Waals surface area contributed by atoms with Crippen molar-refractivity contribution in [3.63, 3.8) is 0 Å². The number of carbonyl (C=O) groups is 3. The molecule has 3 atom stereocenters. The van der Waals surface area contributed by atoms with Gasteiger partial charge in [-0.05, 0) is 32.4 Å². The largest absolute Gasteiger partial charge is 0.493 e. The molecule has 4 N–H and O–H groups in total. The summed E-state index contributed by atoms with van der Waals surface area (Å²) in [5.74, 6) is -4.66. The van der Waals surface area contributed by atoms with Crippen LogP contribution < -0.4 is 21.2 Å². The second kappa shape index (κ2) is 7.98. The van der Waals surface area contributed by atoms with Crippen LogP contribution in [-0.4, -0.2) is 63.1 Å². The van der Waals surface area contributed by atoms with E-state index in [4.69, 9.17) is 4.74 Å². The Morgan fingerprint density at radius 2 is 1.83 bits per heavy atom. The fraction of sp³-hybridized carbons (Fsp3) is 0.409. The molecule has 1 spiro atoms. The molecule has 2 saturated heterocycles. The predicted octanol–water partition coefficient (Wildman–Crippen LogP) is 0.323. The SMILES string of the molecule is CC(=Nn1cc(O)[nH]c1=O)c1cc2c(c(F)c1F)N1C[C@@H](C)O[C@@H](C)[C@@H]1C1(C2)C(=O)NC(=O)NC1=O. The van der Waals surface area contributed by atoms with Gasteiger partial charge in [0.05, 0.1) is 35.8 Å². The Balaban J connectivity index is 1.71. The summed E-state index contributed by atoms with van der Waals surface area (Å²) in [6.07, 6.45) is -0.569. The number of carbonyl (C=O) groups excluding carboxylic acids is 3. The number of fused-ring (bicyclic) bond motifs is 4. The Morgan fingerprint density at radius 1 is 1.17 bits per heavy atom. The number of hydrogen-bond donors (Lipinski definition) is 4. The molecule has 2 fully saturated rings. The van der Waals surface area contributed by atoms with E-state index in [1.54, 1.807) is 13.8 Å². The number of aromatic amines is 1. The van der Waals surface area contributed by atoms with E-state index in [-0.39, 0.29) is 35.5 Å². The number of morpholine rings is 1. The summed E-state index contributed by atoms with van der Waals surface area (Å²) in [5, 5.41) is 17.6. The van der Waals surface area contributed by atoms with Crippen LogP contribution in [0.4, 0.5) is 19.3 Å². The minimum Gasteiger partial charge on any atom is -0.493 e. The molecule has 1 aromatic heterocycles. The number of ether oxygens (including phenoxy) is 1. The summed E-state index contributed by atoms with van der Waals surface area (Å²) in [6, 6.07) is -0.728. The van der Waals surface area contributed by atoms with Crippen molar-refractivity contribution in [1.29, 1.82) is 0 Å². The Kier molecular flexibility index (Phi) is 5.24. The molecule has 12 nitrogen and oxygen atoms in total.